The number of benzene rings is 1. The molecular formula is C17H21N3O. The minimum Gasteiger partial charge on any atom is -0.341 e. The average molecular weight is 283 g/mol. The van der Waals surface area contributed by atoms with Crippen LogP contribution in [0, 0.1) is 19.8 Å². The molecule has 4 heteroatoms. The second-order valence-electron chi connectivity index (χ2n) is 5.87. The molecule has 0 saturated heterocycles. The molecule has 0 radical (unpaired) electrons. The molecule has 1 amide bonds. The third-order valence-electron chi connectivity index (χ3n) is 4.14. The predicted molar refractivity (Wildman–Crippen MR) is 82.2 cm³/mol. The fourth-order valence-electron chi connectivity index (χ4n) is 2.68. The highest BCUT2D eigenvalue weighted by atomic mass is 16.2. The molecule has 0 bridgehead atoms. The lowest BCUT2D eigenvalue weighted by atomic mass is 10.1. The molecule has 1 aliphatic rings. The van der Waals surface area contributed by atoms with Crippen molar-refractivity contribution in [1.29, 1.82) is 0 Å². The minimum atomic E-state index is 0.264. The smallest absolute Gasteiger partial charge is 0.225 e. The molecule has 1 aromatic heterocycles. The van der Waals surface area contributed by atoms with Gasteiger partial charge < -0.3 is 4.90 Å². The van der Waals surface area contributed by atoms with Crippen LogP contribution in [0.1, 0.15) is 29.8 Å². The van der Waals surface area contributed by atoms with Gasteiger partial charge in [-0.05, 0) is 38.8 Å². The highest BCUT2D eigenvalue weighted by molar-refractivity contribution is 5.80. The van der Waals surface area contributed by atoms with Crippen LogP contribution < -0.4 is 0 Å². The van der Waals surface area contributed by atoms with Gasteiger partial charge in [-0.15, -0.1) is 0 Å². The molecule has 21 heavy (non-hydrogen) atoms. The highest BCUT2D eigenvalue weighted by Gasteiger charge is 2.32. The number of para-hydroxylation sites is 1. The normalized spacial score (nSPS) is 14.2. The first kappa shape index (κ1) is 13.9. The maximum Gasteiger partial charge on any atom is 0.225 e. The van der Waals surface area contributed by atoms with Crippen LogP contribution in [-0.2, 0) is 11.3 Å². The summed E-state index contributed by atoms with van der Waals surface area (Å²) in [4.78, 5) is 13.9. The topological polar surface area (TPSA) is 38.1 Å². The van der Waals surface area contributed by atoms with Crippen LogP contribution >= 0.6 is 0 Å². The molecular weight excluding hydrogens is 262 g/mol. The summed E-state index contributed by atoms with van der Waals surface area (Å²) in [5.74, 6) is 0.529. The Balaban J connectivity index is 1.86. The van der Waals surface area contributed by atoms with E-state index in [9.17, 15) is 4.79 Å². The lowest BCUT2D eigenvalue weighted by molar-refractivity contribution is -0.131. The number of amides is 1. The summed E-state index contributed by atoms with van der Waals surface area (Å²) in [7, 11) is 1.89. The Labute approximate surface area is 125 Å². The lowest BCUT2D eigenvalue weighted by Gasteiger charge is -2.17. The molecule has 1 aromatic carbocycles. The van der Waals surface area contributed by atoms with Gasteiger partial charge >= 0.3 is 0 Å². The first-order valence-corrected chi connectivity index (χ1v) is 7.43. The Hall–Kier alpha value is -2.10. The van der Waals surface area contributed by atoms with E-state index in [-0.39, 0.29) is 11.8 Å². The van der Waals surface area contributed by atoms with Crippen molar-refractivity contribution in [3.05, 3.63) is 47.3 Å². The van der Waals surface area contributed by atoms with Crippen LogP contribution in [-0.4, -0.2) is 27.6 Å². The summed E-state index contributed by atoms with van der Waals surface area (Å²) in [5, 5.41) is 4.63. The maximum absolute atomic E-state index is 12.1. The Morgan fingerprint density at radius 1 is 1.29 bits per heavy atom. The maximum atomic E-state index is 12.1. The highest BCUT2D eigenvalue weighted by Crippen LogP contribution is 2.31. The van der Waals surface area contributed by atoms with Gasteiger partial charge in [0.05, 0.1) is 11.4 Å². The van der Waals surface area contributed by atoms with E-state index in [4.69, 9.17) is 0 Å². The molecule has 1 fully saturated rings. The fourth-order valence-corrected chi connectivity index (χ4v) is 2.68. The number of hydrogen-bond acceptors (Lipinski definition) is 2. The monoisotopic (exact) mass is 283 g/mol. The number of aromatic nitrogens is 2. The molecule has 4 nitrogen and oxygen atoms in total. The molecule has 110 valence electrons. The molecule has 0 spiro atoms. The van der Waals surface area contributed by atoms with E-state index in [0.717, 1.165) is 35.5 Å². The van der Waals surface area contributed by atoms with Gasteiger partial charge in [0.15, 0.2) is 0 Å². The number of aryl methyl sites for hydroxylation is 1. The van der Waals surface area contributed by atoms with E-state index < -0.39 is 0 Å². The molecule has 0 aliphatic heterocycles. The van der Waals surface area contributed by atoms with Crippen LogP contribution in [0.25, 0.3) is 5.69 Å². The molecule has 2 aromatic rings. The van der Waals surface area contributed by atoms with Gasteiger partial charge in [-0.2, -0.15) is 5.10 Å². The number of hydrogen-bond donors (Lipinski definition) is 0. The van der Waals surface area contributed by atoms with Crippen LogP contribution in [0.3, 0.4) is 0 Å². The second-order valence-corrected chi connectivity index (χ2v) is 5.87. The number of rotatable bonds is 4. The molecule has 1 saturated carbocycles. The van der Waals surface area contributed by atoms with Gasteiger partial charge in [0.2, 0.25) is 5.91 Å². The molecule has 1 aliphatic carbocycles. The van der Waals surface area contributed by atoms with Crippen LogP contribution in [0.2, 0.25) is 0 Å². The summed E-state index contributed by atoms with van der Waals surface area (Å²) in [6, 6.07) is 10.1. The Morgan fingerprint density at radius 3 is 2.57 bits per heavy atom. The van der Waals surface area contributed by atoms with E-state index >= 15 is 0 Å². The first-order chi connectivity index (χ1) is 10.1. The van der Waals surface area contributed by atoms with Crippen molar-refractivity contribution < 1.29 is 4.79 Å². The quantitative estimate of drug-likeness (QED) is 0.865. The van der Waals surface area contributed by atoms with Gasteiger partial charge in [0.1, 0.15) is 0 Å². The number of carbonyl (C=O) groups excluding carboxylic acids is 1. The van der Waals surface area contributed by atoms with Crippen molar-refractivity contribution in [1.82, 2.24) is 14.7 Å². The zero-order valence-corrected chi connectivity index (χ0v) is 12.8. The van der Waals surface area contributed by atoms with Gasteiger partial charge in [0, 0.05) is 30.8 Å². The van der Waals surface area contributed by atoms with E-state index in [0.29, 0.717) is 6.54 Å². The summed E-state index contributed by atoms with van der Waals surface area (Å²) >= 11 is 0. The van der Waals surface area contributed by atoms with Crippen LogP contribution in [0.4, 0.5) is 0 Å². The molecule has 0 unspecified atom stereocenters. The zero-order valence-electron chi connectivity index (χ0n) is 12.8. The Bertz CT molecular complexity index is 656. The summed E-state index contributed by atoms with van der Waals surface area (Å²) in [6.45, 7) is 4.72. The Morgan fingerprint density at radius 2 is 1.95 bits per heavy atom. The SMILES string of the molecule is Cc1nn(-c2ccccc2)c(C)c1CN(C)C(=O)C1CC1. The summed E-state index contributed by atoms with van der Waals surface area (Å²) in [5.41, 5.74) is 4.30. The third kappa shape index (κ3) is 2.71. The van der Waals surface area contributed by atoms with E-state index in [2.05, 4.69) is 12.0 Å². The average Bonchev–Trinajstić information content (AvgIpc) is 3.30. The molecule has 3 rings (SSSR count). The van der Waals surface area contributed by atoms with Crippen molar-refractivity contribution in [3.63, 3.8) is 0 Å². The summed E-state index contributed by atoms with van der Waals surface area (Å²) < 4.78 is 1.96. The van der Waals surface area contributed by atoms with Gasteiger partial charge in [-0.25, -0.2) is 4.68 Å². The fraction of sp³-hybridized carbons (Fsp3) is 0.412. The largest absolute Gasteiger partial charge is 0.341 e. The standard InChI is InChI=1S/C17H21N3O/c1-12-16(11-19(3)17(21)14-9-10-14)13(2)20(18-12)15-7-5-4-6-8-15/h4-8,14H,9-11H2,1-3H3. The van der Waals surface area contributed by atoms with Crippen molar-refractivity contribution in [3.8, 4) is 5.69 Å². The summed E-state index contributed by atoms with van der Waals surface area (Å²) in [6.07, 6.45) is 2.09. The van der Waals surface area contributed by atoms with Crippen molar-refractivity contribution in [2.75, 3.05) is 7.05 Å². The molecule has 0 N–H and O–H groups in total. The zero-order chi connectivity index (χ0) is 15.0. The predicted octanol–water partition coefficient (Wildman–Crippen LogP) is 2.86. The molecule has 0 atom stereocenters. The van der Waals surface area contributed by atoms with E-state index in [1.807, 2.05) is 53.9 Å². The van der Waals surface area contributed by atoms with Crippen molar-refractivity contribution in [2.24, 2.45) is 5.92 Å². The van der Waals surface area contributed by atoms with Gasteiger partial charge in [-0.1, -0.05) is 18.2 Å². The van der Waals surface area contributed by atoms with Crippen molar-refractivity contribution in [2.45, 2.75) is 33.2 Å². The minimum absolute atomic E-state index is 0.264. The Kier molecular flexibility index (Phi) is 3.53. The second kappa shape index (κ2) is 5.35. The van der Waals surface area contributed by atoms with Gasteiger partial charge in [0.25, 0.3) is 0 Å². The molecule has 1 heterocycles. The van der Waals surface area contributed by atoms with Crippen molar-refractivity contribution >= 4 is 5.91 Å². The van der Waals surface area contributed by atoms with E-state index in [1.165, 1.54) is 0 Å². The van der Waals surface area contributed by atoms with Crippen LogP contribution in [0.5, 0.6) is 0 Å². The van der Waals surface area contributed by atoms with Crippen LogP contribution in [0.15, 0.2) is 30.3 Å². The van der Waals surface area contributed by atoms with E-state index in [1.54, 1.807) is 0 Å². The third-order valence-corrected chi connectivity index (χ3v) is 4.14. The lowest BCUT2D eigenvalue weighted by Crippen LogP contribution is -2.27. The first-order valence-electron chi connectivity index (χ1n) is 7.43. The number of carbonyl (C=O) groups is 1. The van der Waals surface area contributed by atoms with Gasteiger partial charge in [-0.3, -0.25) is 4.79 Å². The number of nitrogens with zero attached hydrogens (tertiary/aromatic N) is 3.